The molecule has 0 unspecified atom stereocenters. The highest BCUT2D eigenvalue weighted by molar-refractivity contribution is 7.20. The van der Waals surface area contributed by atoms with Crippen molar-refractivity contribution in [2.24, 2.45) is 0 Å². The van der Waals surface area contributed by atoms with Crippen molar-refractivity contribution in [1.82, 2.24) is 0 Å². The van der Waals surface area contributed by atoms with Gasteiger partial charge >= 0.3 is 0 Å². The second-order valence-electron chi connectivity index (χ2n) is 14.5. The van der Waals surface area contributed by atoms with Crippen molar-refractivity contribution in [2.45, 2.75) is 53.2 Å². The molecule has 0 saturated heterocycles. The molecular formula is C39H26BF20N. The van der Waals surface area contributed by atoms with Gasteiger partial charge in [0, 0.05) is 5.56 Å². The van der Waals surface area contributed by atoms with Crippen molar-refractivity contribution in [3.05, 3.63) is 152 Å². The third-order valence-corrected chi connectivity index (χ3v) is 10.7. The van der Waals surface area contributed by atoms with E-state index < -0.39 is 144 Å². The Morgan fingerprint density at radius 2 is 0.525 bits per heavy atom. The number of aryl methyl sites for hydroxylation is 1. The van der Waals surface area contributed by atoms with Crippen molar-refractivity contribution in [2.75, 3.05) is 7.05 Å². The number of quaternary nitrogens is 1. The number of rotatable bonds is 8. The van der Waals surface area contributed by atoms with E-state index in [1.165, 1.54) is 11.1 Å². The number of hydrogen-bond donors (Lipinski definition) is 0. The molecule has 0 aliphatic heterocycles. The molecule has 0 aliphatic carbocycles. The molecule has 22 heteroatoms. The third-order valence-electron chi connectivity index (χ3n) is 10.7. The van der Waals surface area contributed by atoms with E-state index >= 15 is 35.1 Å². The van der Waals surface area contributed by atoms with E-state index in [1.807, 2.05) is 0 Å². The molecule has 0 atom stereocenters. The SMILES string of the molecule is Cc1ccc(C[N+](C)(C(C)C)C(C)C)cc1.Fc1c(F)c(F)c([B-](c2c(F)c(F)c(F)c(F)c2F)(c2c(F)c(F)c(F)c(F)c2F)c2c(F)c(F)c(F)c(F)c2F)c(F)c1F. The summed E-state index contributed by atoms with van der Waals surface area (Å²) in [5.41, 5.74) is -11.5. The van der Waals surface area contributed by atoms with Crippen LogP contribution in [0.5, 0.6) is 0 Å². The largest absolute Gasteiger partial charge is 0.318 e. The monoisotopic (exact) mass is 899 g/mol. The van der Waals surface area contributed by atoms with Gasteiger partial charge in [0.2, 0.25) is 0 Å². The van der Waals surface area contributed by atoms with Crippen LogP contribution < -0.4 is 21.9 Å². The van der Waals surface area contributed by atoms with Gasteiger partial charge in [-0.3, -0.25) is 0 Å². The maximum Gasteiger partial charge on any atom is 0.200 e. The molecule has 0 bridgehead atoms. The highest BCUT2D eigenvalue weighted by atomic mass is 19.2. The quantitative estimate of drug-likeness (QED) is 0.0479. The van der Waals surface area contributed by atoms with E-state index in [-0.39, 0.29) is 0 Å². The first-order valence-corrected chi connectivity index (χ1v) is 17.2. The first-order valence-electron chi connectivity index (χ1n) is 17.2. The predicted octanol–water partition coefficient (Wildman–Crippen LogP) is 9.60. The van der Waals surface area contributed by atoms with Gasteiger partial charge < -0.3 is 4.48 Å². The molecule has 0 aromatic heterocycles. The van der Waals surface area contributed by atoms with E-state index in [0.29, 0.717) is 12.1 Å². The van der Waals surface area contributed by atoms with Crippen LogP contribution in [0.25, 0.3) is 0 Å². The van der Waals surface area contributed by atoms with Gasteiger partial charge in [0.1, 0.15) is 59.2 Å². The Morgan fingerprint density at radius 3 is 0.705 bits per heavy atom. The molecule has 0 heterocycles. The van der Waals surface area contributed by atoms with Gasteiger partial charge in [-0.15, -0.1) is 21.9 Å². The van der Waals surface area contributed by atoms with Crippen molar-refractivity contribution in [3.8, 4) is 0 Å². The van der Waals surface area contributed by atoms with Crippen LogP contribution in [-0.4, -0.2) is 29.8 Å². The highest BCUT2D eigenvalue weighted by Gasteiger charge is 2.52. The maximum atomic E-state index is 15.4. The van der Waals surface area contributed by atoms with Crippen molar-refractivity contribution in [3.63, 3.8) is 0 Å². The Morgan fingerprint density at radius 1 is 0.344 bits per heavy atom. The number of hydrogen-bond acceptors (Lipinski definition) is 0. The Hall–Kier alpha value is -5.28. The zero-order chi connectivity index (χ0) is 46.7. The smallest absolute Gasteiger partial charge is 0.200 e. The number of benzene rings is 5. The summed E-state index contributed by atoms with van der Waals surface area (Å²) < 4.78 is 295. The second-order valence-corrected chi connectivity index (χ2v) is 14.5. The maximum absolute atomic E-state index is 15.4. The molecule has 5 aromatic carbocycles. The lowest BCUT2D eigenvalue weighted by Gasteiger charge is -2.44. The van der Waals surface area contributed by atoms with Crippen molar-refractivity contribution >= 4 is 28.0 Å². The molecular weight excluding hydrogens is 873 g/mol. The molecule has 1 nitrogen and oxygen atoms in total. The Bertz CT molecular complexity index is 2150. The lowest BCUT2D eigenvalue weighted by Crippen LogP contribution is -2.81. The molecule has 0 saturated carbocycles. The van der Waals surface area contributed by atoms with E-state index in [2.05, 4.69) is 65.9 Å². The van der Waals surface area contributed by atoms with E-state index in [4.69, 9.17) is 0 Å². The fourth-order valence-corrected chi connectivity index (χ4v) is 6.92. The predicted molar refractivity (Wildman–Crippen MR) is 181 cm³/mol. The van der Waals surface area contributed by atoms with Gasteiger partial charge in [-0.1, -0.05) is 29.8 Å². The summed E-state index contributed by atoms with van der Waals surface area (Å²) in [6.07, 6.45) is -7.22. The fourth-order valence-electron chi connectivity index (χ4n) is 6.92. The van der Waals surface area contributed by atoms with Crippen LogP contribution in [0.15, 0.2) is 24.3 Å². The zero-order valence-corrected chi connectivity index (χ0v) is 31.8. The van der Waals surface area contributed by atoms with Crippen LogP contribution in [-0.2, 0) is 6.54 Å². The topological polar surface area (TPSA) is 0 Å². The van der Waals surface area contributed by atoms with Crippen LogP contribution >= 0.6 is 0 Å². The van der Waals surface area contributed by atoms with Crippen LogP contribution in [0.3, 0.4) is 0 Å². The minimum atomic E-state index is -7.22. The van der Waals surface area contributed by atoms with Crippen molar-refractivity contribution < 1.29 is 92.3 Å². The lowest BCUT2D eigenvalue weighted by molar-refractivity contribution is -0.961. The van der Waals surface area contributed by atoms with Gasteiger partial charge in [0.15, 0.2) is 69.8 Å². The van der Waals surface area contributed by atoms with E-state index in [9.17, 15) is 52.7 Å². The molecule has 330 valence electrons. The summed E-state index contributed by atoms with van der Waals surface area (Å²) in [7, 11) is 2.36. The molecule has 0 N–H and O–H groups in total. The van der Waals surface area contributed by atoms with Gasteiger partial charge in [-0.25, -0.2) is 87.8 Å². The number of halogens is 20. The summed E-state index contributed by atoms with van der Waals surface area (Å²) in [5, 5.41) is 0. The molecule has 0 spiro atoms. The highest BCUT2D eigenvalue weighted by Crippen LogP contribution is 2.31. The van der Waals surface area contributed by atoms with Gasteiger partial charge in [0.25, 0.3) is 0 Å². The lowest BCUT2D eigenvalue weighted by atomic mass is 9.12. The van der Waals surface area contributed by atoms with Crippen molar-refractivity contribution in [1.29, 1.82) is 0 Å². The zero-order valence-electron chi connectivity index (χ0n) is 31.8. The molecule has 0 radical (unpaired) electrons. The summed E-state index contributed by atoms with van der Waals surface area (Å²) in [6.45, 7) is 12.5. The summed E-state index contributed by atoms with van der Waals surface area (Å²) >= 11 is 0. The summed E-state index contributed by atoms with van der Waals surface area (Å²) in [5.74, 6) is -71.4. The minimum Gasteiger partial charge on any atom is -0.318 e. The molecule has 0 amide bonds. The first kappa shape index (κ1) is 48.4. The Kier molecular flexibility index (Phi) is 13.7. The van der Waals surface area contributed by atoms with Crippen LogP contribution in [0.1, 0.15) is 38.8 Å². The third kappa shape index (κ3) is 7.57. The minimum absolute atomic E-state index is 0.654. The van der Waals surface area contributed by atoms with Crippen LogP contribution in [0, 0.1) is 123 Å². The fraction of sp³-hybridized carbons (Fsp3) is 0.231. The molecule has 0 fully saturated rings. The number of nitrogens with zero attached hydrogens (tertiary/aromatic N) is 1. The average Bonchev–Trinajstić information content (AvgIpc) is 3.21. The summed E-state index contributed by atoms with van der Waals surface area (Å²) in [6, 6.07) is 10.2. The Balaban J connectivity index is 0.000000430. The van der Waals surface area contributed by atoms with E-state index in [0.717, 1.165) is 11.0 Å². The van der Waals surface area contributed by atoms with Crippen LogP contribution in [0.2, 0.25) is 0 Å². The Labute approximate surface area is 332 Å². The van der Waals surface area contributed by atoms with Gasteiger partial charge in [-0.05, 0) is 34.6 Å². The average molecular weight is 899 g/mol. The molecule has 5 aromatic rings. The van der Waals surface area contributed by atoms with Gasteiger partial charge in [0.05, 0.1) is 19.1 Å². The first-order chi connectivity index (χ1) is 28.1. The van der Waals surface area contributed by atoms with Gasteiger partial charge in [-0.2, -0.15) is 0 Å². The molecule has 61 heavy (non-hydrogen) atoms. The van der Waals surface area contributed by atoms with E-state index in [1.54, 1.807) is 0 Å². The standard InChI is InChI=1S/C24BF20.C15H26N/c26-5-1(6(27)14(35)21(42)13(5)34)25(2-7(28)15(36)22(43)16(37)8(2)29,3-9(30)17(38)23(44)18(39)10(3)31)4-11(32)19(40)24(45)20(41)12(4)33;1-12(2)16(6,13(3)4)11-15-9-7-14(5)8-10-15/h;7-10,12-13H,11H2,1-6H3/q-1;+1. The normalized spacial score (nSPS) is 12.1. The van der Waals surface area contributed by atoms with Crippen LogP contribution in [0.4, 0.5) is 87.8 Å². The molecule has 5 rings (SSSR count). The summed E-state index contributed by atoms with van der Waals surface area (Å²) in [4.78, 5) is 0. The molecule has 0 aliphatic rings. The second kappa shape index (κ2) is 17.2.